The van der Waals surface area contributed by atoms with Crippen molar-refractivity contribution < 1.29 is 19.4 Å². The lowest BCUT2D eigenvalue weighted by molar-refractivity contribution is -0.131. The van der Waals surface area contributed by atoms with Gasteiger partial charge in [0.15, 0.2) is 0 Å². The Bertz CT molecular complexity index is 790. The van der Waals surface area contributed by atoms with Crippen molar-refractivity contribution in [3.05, 3.63) is 29.8 Å². The van der Waals surface area contributed by atoms with Crippen LogP contribution in [-0.4, -0.2) is 44.3 Å². The lowest BCUT2D eigenvalue weighted by Gasteiger charge is -2.19. The Balaban J connectivity index is 1.90. The number of alkyl carbamates (subject to hydrolysis) is 1. The van der Waals surface area contributed by atoms with Crippen LogP contribution >= 0.6 is 0 Å². The summed E-state index contributed by atoms with van der Waals surface area (Å²) in [5.41, 5.74) is 1.77. The molecule has 1 heterocycles. The average Bonchev–Trinajstić information content (AvgIpc) is 2.90. The van der Waals surface area contributed by atoms with E-state index in [0.717, 1.165) is 17.2 Å². The van der Waals surface area contributed by atoms with Gasteiger partial charge in [-0.05, 0) is 51.0 Å². The van der Waals surface area contributed by atoms with E-state index in [1.807, 2.05) is 26.8 Å². The number of rotatable bonds is 6. The summed E-state index contributed by atoms with van der Waals surface area (Å²) in [5.74, 6) is -0.999. The van der Waals surface area contributed by atoms with Crippen molar-refractivity contribution in [1.82, 2.24) is 20.3 Å². The van der Waals surface area contributed by atoms with Crippen LogP contribution in [0.5, 0.6) is 0 Å². The highest BCUT2D eigenvalue weighted by molar-refractivity contribution is 5.86. The van der Waals surface area contributed by atoms with E-state index in [9.17, 15) is 9.59 Å². The van der Waals surface area contributed by atoms with E-state index in [0.29, 0.717) is 25.0 Å². The number of amides is 1. The van der Waals surface area contributed by atoms with Crippen LogP contribution in [0.1, 0.15) is 32.8 Å². The predicted molar refractivity (Wildman–Crippen MR) is 93.1 cm³/mol. The molecule has 0 unspecified atom stereocenters. The molecule has 2 rings (SSSR count). The highest BCUT2D eigenvalue weighted by Crippen LogP contribution is 2.15. The number of benzene rings is 1. The highest BCUT2D eigenvalue weighted by atomic mass is 16.6. The summed E-state index contributed by atoms with van der Waals surface area (Å²) in [4.78, 5) is 22.1. The van der Waals surface area contributed by atoms with E-state index in [1.165, 1.54) is 6.08 Å². The molecule has 134 valence electrons. The van der Waals surface area contributed by atoms with Gasteiger partial charge in [-0.15, -0.1) is 5.10 Å². The summed E-state index contributed by atoms with van der Waals surface area (Å²) in [7, 11) is 0. The molecule has 2 N–H and O–H groups in total. The van der Waals surface area contributed by atoms with Gasteiger partial charge < -0.3 is 15.2 Å². The van der Waals surface area contributed by atoms with Gasteiger partial charge >= 0.3 is 12.1 Å². The Morgan fingerprint density at radius 3 is 2.80 bits per heavy atom. The molecule has 1 amide bonds. The third-order valence-electron chi connectivity index (χ3n) is 3.17. The molecule has 8 nitrogen and oxygen atoms in total. The number of nitrogens with one attached hydrogen (secondary N) is 1. The molecular formula is C17H22N4O4. The molecule has 2 aromatic rings. The molecule has 0 radical (unpaired) electrons. The smallest absolute Gasteiger partial charge is 0.407 e. The first-order valence-corrected chi connectivity index (χ1v) is 7.96. The normalized spacial score (nSPS) is 11.8. The summed E-state index contributed by atoms with van der Waals surface area (Å²) in [6.07, 6.45) is 2.82. The third kappa shape index (κ3) is 5.91. The molecule has 0 fully saturated rings. The van der Waals surface area contributed by atoms with Crippen molar-refractivity contribution in [3.8, 4) is 0 Å². The maximum atomic E-state index is 11.6. The number of carboxylic acid groups (broad SMARTS) is 1. The van der Waals surface area contributed by atoms with Crippen LogP contribution in [0.15, 0.2) is 24.3 Å². The Kier molecular flexibility index (Phi) is 5.74. The number of hydrogen-bond acceptors (Lipinski definition) is 5. The summed E-state index contributed by atoms with van der Waals surface area (Å²) < 4.78 is 6.91. The van der Waals surface area contributed by atoms with Crippen LogP contribution in [0.3, 0.4) is 0 Å². The fourth-order valence-corrected chi connectivity index (χ4v) is 2.16. The number of carboxylic acids is 1. The zero-order valence-electron chi connectivity index (χ0n) is 14.5. The van der Waals surface area contributed by atoms with Gasteiger partial charge in [-0.3, -0.25) is 0 Å². The van der Waals surface area contributed by atoms with E-state index in [2.05, 4.69) is 15.6 Å². The second-order valence-electron chi connectivity index (χ2n) is 6.51. The van der Waals surface area contributed by atoms with Crippen LogP contribution in [0, 0.1) is 0 Å². The van der Waals surface area contributed by atoms with Crippen LogP contribution < -0.4 is 5.32 Å². The molecule has 0 bridgehead atoms. The standard InChI is InChI=1S/C17H22N4O4/c1-17(2,3)25-16(24)18-9-4-10-21-14-7-5-12(6-8-15(22)23)11-13(14)19-20-21/h5-8,11H,4,9-10H2,1-3H3,(H,18,24)(H,22,23)/b8-6+. The van der Waals surface area contributed by atoms with Crippen LogP contribution in [0.2, 0.25) is 0 Å². The third-order valence-corrected chi connectivity index (χ3v) is 3.17. The number of carbonyl (C=O) groups excluding carboxylic acids is 1. The number of aliphatic carboxylic acids is 1. The Labute approximate surface area is 145 Å². The van der Waals surface area contributed by atoms with Crippen molar-refractivity contribution in [2.75, 3.05) is 6.54 Å². The molecule has 0 aliphatic rings. The number of ether oxygens (including phenoxy) is 1. The van der Waals surface area contributed by atoms with Crippen LogP contribution in [0.25, 0.3) is 17.1 Å². The molecule has 0 saturated heterocycles. The molecule has 0 spiro atoms. The summed E-state index contributed by atoms with van der Waals surface area (Å²) in [5, 5.41) is 19.5. The lowest BCUT2D eigenvalue weighted by atomic mass is 10.2. The molecule has 0 saturated carbocycles. The first-order chi connectivity index (χ1) is 11.7. The molecule has 0 aliphatic carbocycles. The second kappa shape index (κ2) is 7.78. The monoisotopic (exact) mass is 346 g/mol. The van der Waals surface area contributed by atoms with E-state index in [4.69, 9.17) is 9.84 Å². The zero-order chi connectivity index (χ0) is 18.4. The van der Waals surface area contributed by atoms with E-state index in [-0.39, 0.29) is 0 Å². The van der Waals surface area contributed by atoms with Gasteiger partial charge in [-0.25, -0.2) is 14.3 Å². The fourth-order valence-electron chi connectivity index (χ4n) is 2.16. The second-order valence-corrected chi connectivity index (χ2v) is 6.51. The molecule has 25 heavy (non-hydrogen) atoms. The van der Waals surface area contributed by atoms with E-state index in [1.54, 1.807) is 16.8 Å². The number of carbonyl (C=O) groups is 2. The van der Waals surface area contributed by atoms with Crippen molar-refractivity contribution >= 4 is 29.2 Å². The number of nitrogens with zero attached hydrogens (tertiary/aromatic N) is 3. The summed E-state index contributed by atoms with van der Waals surface area (Å²) >= 11 is 0. The SMILES string of the molecule is CC(C)(C)OC(=O)NCCCn1nnc2cc(/C=C/C(=O)O)ccc21. The quantitative estimate of drug-likeness (QED) is 0.615. The van der Waals surface area contributed by atoms with Gasteiger partial charge in [0, 0.05) is 19.2 Å². The highest BCUT2D eigenvalue weighted by Gasteiger charge is 2.15. The van der Waals surface area contributed by atoms with Gasteiger partial charge in [0.1, 0.15) is 11.1 Å². The van der Waals surface area contributed by atoms with Crippen LogP contribution in [-0.2, 0) is 16.1 Å². The van der Waals surface area contributed by atoms with Gasteiger partial charge in [0.2, 0.25) is 0 Å². The van der Waals surface area contributed by atoms with Gasteiger partial charge in [0.05, 0.1) is 5.52 Å². The number of hydrogen-bond donors (Lipinski definition) is 2. The summed E-state index contributed by atoms with van der Waals surface area (Å²) in [6, 6.07) is 5.43. The van der Waals surface area contributed by atoms with Crippen LogP contribution in [0.4, 0.5) is 4.79 Å². The minimum absolute atomic E-state index is 0.439. The molecule has 8 heteroatoms. The molecule has 0 atom stereocenters. The topological polar surface area (TPSA) is 106 Å². The Morgan fingerprint density at radius 1 is 1.36 bits per heavy atom. The Morgan fingerprint density at radius 2 is 2.12 bits per heavy atom. The Hall–Kier alpha value is -2.90. The van der Waals surface area contributed by atoms with Gasteiger partial charge in [-0.2, -0.15) is 0 Å². The minimum Gasteiger partial charge on any atom is -0.478 e. The molecule has 1 aromatic heterocycles. The predicted octanol–water partition coefficient (Wildman–Crippen LogP) is 2.44. The largest absolute Gasteiger partial charge is 0.478 e. The number of fused-ring (bicyclic) bond motifs is 1. The molecule has 0 aliphatic heterocycles. The lowest BCUT2D eigenvalue weighted by Crippen LogP contribution is -2.33. The van der Waals surface area contributed by atoms with E-state index < -0.39 is 17.7 Å². The summed E-state index contributed by atoms with van der Waals surface area (Å²) in [6.45, 7) is 6.50. The maximum absolute atomic E-state index is 11.6. The molecule has 1 aromatic carbocycles. The first-order valence-electron chi connectivity index (χ1n) is 7.96. The maximum Gasteiger partial charge on any atom is 0.407 e. The van der Waals surface area contributed by atoms with Crippen molar-refractivity contribution in [3.63, 3.8) is 0 Å². The zero-order valence-corrected chi connectivity index (χ0v) is 14.5. The number of aromatic nitrogens is 3. The fraction of sp³-hybridized carbons (Fsp3) is 0.412. The average molecular weight is 346 g/mol. The van der Waals surface area contributed by atoms with Gasteiger partial charge in [-0.1, -0.05) is 11.3 Å². The van der Waals surface area contributed by atoms with Crippen molar-refractivity contribution in [2.45, 2.75) is 39.3 Å². The minimum atomic E-state index is -0.999. The molecular weight excluding hydrogens is 324 g/mol. The number of aryl methyl sites for hydroxylation is 1. The van der Waals surface area contributed by atoms with Crippen molar-refractivity contribution in [2.24, 2.45) is 0 Å². The van der Waals surface area contributed by atoms with Crippen molar-refractivity contribution in [1.29, 1.82) is 0 Å². The first kappa shape index (κ1) is 18.4. The van der Waals surface area contributed by atoms with E-state index >= 15 is 0 Å². The van der Waals surface area contributed by atoms with Gasteiger partial charge in [0.25, 0.3) is 0 Å².